The van der Waals surface area contributed by atoms with Gasteiger partial charge in [-0.05, 0) is 24.3 Å². The van der Waals surface area contributed by atoms with Gasteiger partial charge in [-0.25, -0.2) is 4.79 Å². The van der Waals surface area contributed by atoms with E-state index in [4.69, 9.17) is 9.84 Å². The molecule has 0 aromatic heterocycles. The molecule has 5 heteroatoms. The van der Waals surface area contributed by atoms with Gasteiger partial charge in [0, 0.05) is 18.2 Å². The van der Waals surface area contributed by atoms with E-state index in [1.54, 1.807) is 0 Å². The number of para-hydroxylation sites is 1. The molecule has 1 aliphatic rings. The van der Waals surface area contributed by atoms with Crippen LogP contribution in [0.2, 0.25) is 0 Å². The van der Waals surface area contributed by atoms with Crippen LogP contribution in [0.15, 0.2) is 24.3 Å². The van der Waals surface area contributed by atoms with E-state index < -0.39 is 0 Å². The second kappa shape index (κ2) is 7.49. The Kier molecular flexibility index (Phi) is 5.66. The predicted molar refractivity (Wildman–Crippen MR) is 85.8 cm³/mol. The molecule has 1 atom stereocenters. The van der Waals surface area contributed by atoms with Crippen molar-refractivity contribution in [2.24, 2.45) is 5.41 Å². The molecule has 122 valence electrons. The summed E-state index contributed by atoms with van der Waals surface area (Å²) in [6.07, 6.45) is 3.35. The maximum absolute atomic E-state index is 12.1. The lowest BCUT2D eigenvalue weighted by atomic mass is 9.87. The third kappa shape index (κ3) is 4.37. The predicted octanol–water partition coefficient (Wildman–Crippen LogP) is 2.44. The molecule has 1 unspecified atom stereocenters. The van der Waals surface area contributed by atoms with E-state index in [2.05, 4.69) is 24.5 Å². The number of urea groups is 1. The van der Waals surface area contributed by atoms with Gasteiger partial charge < -0.3 is 20.5 Å². The highest BCUT2D eigenvalue weighted by molar-refractivity contribution is 5.74. The SMILES string of the molecule is CC1(C)CCCC1NC(=O)NCc1ccccc1OCCO. The van der Waals surface area contributed by atoms with E-state index in [0.29, 0.717) is 12.3 Å². The quantitative estimate of drug-likeness (QED) is 0.756. The summed E-state index contributed by atoms with van der Waals surface area (Å²) in [4.78, 5) is 12.1. The summed E-state index contributed by atoms with van der Waals surface area (Å²) in [5.41, 5.74) is 1.07. The summed E-state index contributed by atoms with van der Waals surface area (Å²) in [7, 11) is 0. The Balaban J connectivity index is 1.86. The summed E-state index contributed by atoms with van der Waals surface area (Å²) in [6.45, 7) is 5.02. The summed E-state index contributed by atoms with van der Waals surface area (Å²) in [6, 6.07) is 7.61. The molecule has 5 nitrogen and oxygen atoms in total. The first-order chi connectivity index (χ1) is 10.5. The third-order valence-corrected chi connectivity index (χ3v) is 4.32. The number of carbonyl (C=O) groups is 1. The van der Waals surface area contributed by atoms with Gasteiger partial charge in [0.1, 0.15) is 12.4 Å². The molecule has 1 aromatic rings. The van der Waals surface area contributed by atoms with Crippen molar-refractivity contribution in [2.75, 3.05) is 13.2 Å². The molecule has 0 saturated heterocycles. The molecular weight excluding hydrogens is 280 g/mol. The van der Waals surface area contributed by atoms with Crippen molar-refractivity contribution in [2.45, 2.75) is 45.7 Å². The standard InChI is InChI=1S/C17H26N2O3/c1-17(2)9-5-8-15(17)19-16(21)18-12-13-6-3-4-7-14(13)22-11-10-20/h3-4,6-7,15,20H,5,8-12H2,1-2H3,(H2,18,19,21). The number of ether oxygens (including phenoxy) is 1. The van der Waals surface area contributed by atoms with E-state index in [0.717, 1.165) is 24.8 Å². The van der Waals surface area contributed by atoms with Crippen LogP contribution in [0.5, 0.6) is 5.75 Å². The van der Waals surface area contributed by atoms with Crippen molar-refractivity contribution in [3.05, 3.63) is 29.8 Å². The van der Waals surface area contributed by atoms with Crippen LogP contribution in [0.1, 0.15) is 38.7 Å². The van der Waals surface area contributed by atoms with Gasteiger partial charge in [-0.2, -0.15) is 0 Å². The molecular formula is C17H26N2O3. The van der Waals surface area contributed by atoms with Crippen LogP contribution in [0.25, 0.3) is 0 Å². The molecule has 22 heavy (non-hydrogen) atoms. The van der Waals surface area contributed by atoms with Gasteiger partial charge in [0.25, 0.3) is 0 Å². The van der Waals surface area contributed by atoms with Crippen LogP contribution in [0.3, 0.4) is 0 Å². The Hall–Kier alpha value is -1.75. The molecule has 1 aliphatic carbocycles. The molecule has 1 saturated carbocycles. The first kappa shape index (κ1) is 16.6. The number of aliphatic hydroxyl groups excluding tert-OH is 1. The number of benzene rings is 1. The third-order valence-electron chi connectivity index (χ3n) is 4.32. The molecule has 3 N–H and O–H groups in total. The van der Waals surface area contributed by atoms with E-state index in [-0.39, 0.29) is 30.7 Å². The van der Waals surface area contributed by atoms with Crippen LogP contribution in [0, 0.1) is 5.41 Å². The van der Waals surface area contributed by atoms with Crippen molar-refractivity contribution in [1.29, 1.82) is 0 Å². The summed E-state index contributed by atoms with van der Waals surface area (Å²) < 4.78 is 5.46. The maximum atomic E-state index is 12.1. The molecule has 1 aromatic carbocycles. The highest BCUT2D eigenvalue weighted by Crippen LogP contribution is 2.37. The average Bonchev–Trinajstić information content (AvgIpc) is 2.82. The highest BCUT2D eigenvalue weighted by Gasteiger charge is 2.35. The lowest BCUT2D eigenvalue weighted by Crippen LogP contribution is -2.46. The van der Waals surface area contributed by atoms with Crippen molar-refractivity contribution in [3.8, 4) is 5.75 Å². The monoisotopic (exact) mass is 306 g/mol. The van der Waals surface area contributed by atoms with Gasteiger partial charge in [-0.15, -0.1) is 0 Å². The van der Waals surface area contributed by atoms with Crippen molar-refractivity contribution in [1.82, 2.24) is 10.6 Å². The maximum Gasteiger partial charge on any atom is 0.315 e. The molecule has 1 fully saturated rings. The zero-order chi connectivity index (χ0) is 16.0. The summed E-state index contributed by atoms with van der Waals surface area (Å²) in [5, 5.41) is 14.8. The first-order valence-corrected chi connectivity index (χ1v) is 7.89. The van der Waals surface area contributed by atoms with Crippen LogP contribution in [0.4, 0.5) is 4.79 Å². The Bertz CT molecular complexity index is 502. The Morgan fingerprint density at radius 3 is 2.86 bits per heavy atom. The minimum absolute atomic E-state index is 0.0288. The molecule has 0 aliphatic heterocycles. The molecule has 2 rings (SSSR count). The van der Waals surface area contributed by atoms with Crippen LogP contribution in [-0.4, -0.2) is 30.4 Å². The lowest BCUT2D eigenvalue weighted by Gasteiger charge is -2.27. The average molecular weight is 306 g/mol. The van der Waals surface area contributed by atoms with Gasteiger partial charge in [0.15, 0.2) is 0 Å². The van der Waals surface area contributed by atoms with E-state index in [9.17, 15) is 4.79 Å². The second-order valence-corrected chi connectivity index (χ2v) is 6.44. The highest BCUT2D eigenvalue weighted by atomic mass is 16.5. The summed E-state index contributed by atoms with van der Waals surface area (Å²) in [5.74, 6) is 0.693. The van der Waals surface area contributed by atoms with Gasteiger partial charge in [-0.1, -0.05) is 38.5 Å². The molecule has 0 bridgehead atoms. The van der Waals surface area contributed by atoms with Gasteiger partial charge in [0.05, 0.1) is 6.61 Å². The number of aliphatic hydroxyl groups is 1. The largest absolute Gasteiger partial charge is 0.491 e. The number of carbonyl (C=O) groups excluding carboxylic acids is 1. The van der Waals surface area contributed by atoms with Crippen molar-refractivity contribution in [3.63, 3.8) is 0 Å². The fraction of sp³-hybridized carbons (Fsp3) is 0.588. The molecule has 0 heterocycles. The fourth-order valence-electron chi connectivity index (χ4n) is 2.93. The normalized spacial score (nSPS) is 19.7. The minimum Gasteiger partial charge on any atom is -0.491 e. The smallest absolute Gasteiger partial charge is 0.315 e. The summed E-state index contributed by atoms with van der Waals surface area (Å²) >= 11 is 0. The van der Waals surface area contributed by atoms with E-state index in [1.165, 1.54) is 0 Å². The molecule has 0 radical (unpaired) electrons. The molecule has 0 spiro atoms. The number of nitrogens with one attached hydrogen (secondary N) is 2. The van der Waals surface area contributed by atoms with E-state index in [1.807, 2.05) is 24.3 Å². The number of amides is 2. The Morgan fingerprint density at radius 2 is 2.18 bits per heavy atom. The van der Waals surface area contributed by atoms with E-state index >= 15 is 0 Å². The van der Waals surface area contributed by atoms with Gasteiger partial charge in [-0.3, -0.25) is 0 Å². The first-order valence-electron chi connectivity index (χ1n) is 7.89. The molecule has 2 amide bonds. The fourth-order valence-corrected chi connectivity index (χ4v) is 2.93. The van der Waals surface area contributed by atoms with Gasteiger partial charge in [0.2, 0.25) is 0 Å². The van der Waals surface area contributed by atoms with Crippen molar-refractivity contribution < 1.29 is 14.6 Å². The Labute approximate surface area is 132 Å². The minimum atomic E-state index is -0.142. The van der Waals surface area contributed by atoms with Crippen LogP contribution in [-0.2, 0) is 6.54 Å². The second-order valence-electron chi connectivity index (χ2n) is 6.44. The number of hydrogen-bond acceptors (Lipinski definition) is 3. The Morgan fingerprint density at radius 1 is 1.41 bits per heavy atom. The zero-order valence-corrected chi connectivity index (χ0v) is 13.4. The number of hydrogen-bond donors (Lipinski definition) is 3. The number of rotatable bonds is 6. The zero-order valence-electron chi connectivity index (χ0n) is 13.4. The topological polar surface area (TPSA) is 70.6 Å². The van der Waals surface area contributed by atoms with Crippen LogP contribution >= 0.6 is 0 Å². The van der Waals surface area contributed by atoms with Crippen molar-refractivity contribution >= 4 is 6.03 Å². The van der Waals surface area contributed by atoms with Crippen LogP contribution < -0.4 is 15.4 Å². The van der Waals surface area contributed by atoms with Gasteiger partial charge >= 0.3 is 6.03 Å². The lowest BCUT2D eigenvalue weighted by molar-refractivity contribution is 0.199.